The lowest BCUT2D eigenvalue weighted by atomic mass is 10.0. The standard InChI is InChI=1S/C31H49F4NO3/c1-3-4-5-6-7-8-9-10-11-12-13-14-15-16-17-18-19-20-23-39-30(38)25(2)36-29(37)27-22-21-26(32)24-28(27)31(33,34)35/h21-22,24-25H,3-20,23H2,1-2H3,(H,36,37). The van der Waals surface area contributed by atoms with E-state index in [0.717, 1.165) is 31.4 Å². The lowest BCUT2D eigenvalue weighted by Gasteiger charge is -2.16. The van der Waals surface area contributed by atoms with E-state index in [1.807, 2.05) is 0 Å². The Morgan fingerprint density at radius 2 is 1.21 bits per heavy atom. The van der Waals surface area contributed by atoms with Gasteiger partial charge in [-0.25, -0.2) is 9.18 Å². The van der Waals surface area contributed by atoms with Crippen LogP contribution in [0.3, 0.4) is 0 Å². The maximum Gasteiger partial charge on any atom is 0.417 e. The Bertz CT molecular complexity index is 814. The monoisotopic (exact) mass is 559 g/mol. The fraction of sp³-hybridized carbons (Fsp3) is 0.742. The Labute approximate surface area is 232 Å². The molecule has 0 radical (unpaired) electrons. The SMILES string of the molecule is CCCCCCCCCCCCCCCCCCCCOC(=O)C(C)NC(=O)c1ccc(F)cc1C(F)(F)F. The van der Waals surface area contributed by atoms with Gasteiger partial charge in [0.2, 0.25) is 0 Å². The van der Waals surface area contributed by atoms with Gasteiger partial charge in [-0.2, -0.15) is 13.2 Å². The fourth-order valence-electron chi connectivity index (χ4n) is 4.58. The van der Waals surface area contributed by atoms with Crippen LogP contribution in [0.15, 0.2) is 18.2 Å². The second kappa shape index (κ2) is 20.7. The average molecular weight is 560 g/mol. The normalized spacial score (nSPS) is 12.4. The summed E-state index contributed by atoms with van der Waals surface area (Å²) in [5.41, 5.74) is -2.13. The quantitative estimate of drug-likeness (QED) is 0.0874. The molecule has 1 aromatic rings. The van der Waals surface area contributed by atoms with Crippen LogP contribution in [0, 0.1) is 5.82 Å². The molecule has 1 rings (SSSR count). The van der Waals surface area contributed by atoms with E-state index in [2.05, 4.69) is 12.2 Å². The van der Waals surface area contributed by atoms with E-state index < -0.39 is 41.0 Å². The Hall–Kier alpha value is -2.12. The van der Waals surface area contributed by atoms with E-state index >= 15 is 0 Å². The maximum absolute atomic E-state index is 13.2. The predicted molar refractivity (Wildman–Crippen MR) is 148 cm³/mol. The Kier molecular flexibility index (Phi) is 18.6. The van der Waals surface area contributed by atoms with Crippen molar-refractivity contribution < 1.29 is 31.9 Å². The van der Waals surface area contributed by atoms with E-state index in [4.69, 9.17) is 4.74 Å². The van der Waals surface area contributed by atoms with Crippen molar-refractivity contribution in [3.63, 3.8) is 0 Å². The number of benzene rings is 1. The number of unbranched alkanes of at least 4 members (excludes halogenated alkanes) is 17. The number of amides is 1. The highest BCUT2D eigenvalue weighted by atomic mass is 19.4. The van der Waals surface area contributed by atoms with Gasteiger partial charge in [0.25, 0.3) is 5.91 Å². The molecule has 1 aromatic carbocycles. The van der Waals surface area contributed by atoms with Crippen LogP contribution in [0.2, 0.25) is 0 Å². The summed E-state index contributed by atoms with van der Waals surface area (Å²) >= 11 is 0. The number of rotatable bonds is 22. The van der Waals surface area contributed by atoms with Crippen molar-refractivity contribution in [3.8, 4) is 0 Å². The van der Waals surface area contributed by atoms with E-state index in [1.165, 1.54) is 96.8 Å². The van der Waals surface area contributed by atoms with Crippen molar-refractivity contribution in [1.29, 1.82) is 0 Å². The molecule has 4 nitrogen and oxygen atoms in total. The molecule has 0 aromatic heterocycles. The summed E-state index contributed by atoms with van der Waals surface area (Å²) < 4.78 is 57.7. The lowest BCUT2D eigenvalue weighted by molar-refractivity contribution is -0.145. The van der Waals surface area contributed by atoms with Crippen LogP contribution in [0.5, 0.6) is 0 Å². The third-order valence-electron chi connectivity index (χ3n) is 6.98. The lowest BCUT2D eigenvalue weighted by Crippen LogP contribution is -2.40. The first-order valence-electron chi connectivity index (χ1n) is 15.0. The zero-order valence-corrected chi connectivity index (χ0v) is 24.0. The minimum Gasteiger partial charge on any atom is -0.464 e. The molecule has 1 N–H and O–H groups in total. The van der Waals surface area contributed by atoms with Crippen LogP contribution in [0.25, 0.3) is 0 Å². The summed E-state index contributed by atoms with van der Waals surface area (Å²) in [6.07, 6.45) is 17.7. The molecular weight excluding hydrogens is 510 g/mol. The van der Waals surface area contributed by atoms with E-state index in [1.54, 1.807) is 0 Å². The number of esters is 1. The highest BCUT2D eigenvalue weighted by Gasteiger charge is 2.36. The third-order valence-corrected chi connectivity index (χ3v) is 6.98. The average Bonchev–Trinajstić information content (AvgIpc) is 2.89. The first-order valence-corrected chi connectivity index (χ1v) is 15.0. The molecule has 1 atom stereocenters. The van der Waals surface area contributed by atoms with Crippen LogP contribution < -0.4 is 5.32 Å². The number of carbonyl (C=O) groups is 2. The fourth-order valence-corrected chi connectivity index (χ4v) is 4.58. The summed E-state index contributed by atoms with van der Waals surface area (Å²) in [4.78, 5) is 24.4. The van der Waals surface area contributed by atoms with Crippen LogP contribution in [-0.2, 0) is 15.7 Å². The summed E-state index contributed by atoms with van der Waals surface area (Å²) in [6, 6.07) is 0.658. The van der Waals surface area contributed by atoms with Crippen molar-refractivity contribution in [2.45, 2.75) is 142 Å². The van der Waals surface area contributed by atoms with E-state index in [0.29, 0.717) is 6.42 Å². The number of hydrogen-bond acceptors (Lipinski definition) is 3. The maximum atomic E-state index is 13.2. The largest absolute Gasteiger partial charge is 0.464 e. The molecular formula is C31H49F4NO3. The molecule has 0 bridgehead atoms. The molecule has 1 amide bonds. The van der Waals surface area contributed by atoms with Crippen molar-refractivity contribution in [1.82, 2.24) is 5.32 Å². The van der Waals surface area contributed by atoms with Gasteiger partial charge in [0.05, 0.1) is 17.7 Å². The minimum absolute atomic E-state index is 0.197. The first kappa shape index (κ1) is 34.9. The summed E-state index contributed by atoms with van der Waals surface area (Å²) in [6.45, 7) is 3.79. The van der Waals surface area contributed by atoms with Gasteiger partial charge in [-0.1, -0.05) is 116 Å². The number of ether oxygens (including phenoxy) is 1. The van der Waals surface area contributed by atoms with Gasteiger partial charge in [0.15, 0.2) is 0 Å². The minimum atomic E-state index is -4.90. The Balaban J connectivity index is 2.02. The van der Waals surface area contributed by atoms with Crippen molar-refractivity contribution >= 4 is 11.9 Å². The first-order chi connectivity index (χ1) is 18.7. The number of alkyl halides is 3. The molecule has 0 heterocycles. The van der Waals surface area contributed by atoms with Gasteiger partial charge in [-0.15, -0.1) is 0 Å². The number of carbonyl (C=O) groups excluding carboxylic acids is 2. The van der Waals surface area contributed by atoms with Crippen molar-refractivity contribution in [2.75, 3.05) is 6.61 Å². The highest BCUT2D eigenvalue weighted by Crippen LogP contribution is 2.32. The topological polar surface area (TPSA) is 55.4 Å². The number of nitrogens with one attached hydrogen (secondary N) is 1. The molecule has 0 saturated carbocycles. The van der Waals surface area contributed by atoms with Crippen LogP contribution in [-0.4, -0.2) is 24.5 Å². The molecule has 0 spiro atoms. The Morgan fingerprint density at radius 1 is 0.769 bits per heavy atom. The van der Waals surface area contributed by atoms with Crippen LogP contribution >= 0.6 is 0 Å². The van der Waals surface area contributed by atoms with Gasteiger partial charge in [0, 0.05) is 0 Å². The van der Waals surface area contributed by atoms with Gasteiger partial charge < -0.3 is 10.1 Å². The number of hydrogen-bond donors (Lipinski definition) is 1. The molecule has 0 aliphatic rings. The summed E-state index contributed by atoms with van der Waals surface area (Å²) in [5, 5.41) is 2.20. The van der Waals surface area contributed by atoms with Crippen LogP contribution in [0.1, 0.15) is 145 Å². The molecule has 0 fully saturated rings. The smallest absolute Gasteiger partial charge is 0.417 e. The molecule has 1 unspecified atom stereocenters. The van der Waals surface area contributed by atoms with Crippen molar-refractivity contribution in [3.05, 3.63) is 35.1 Å². The zero-order valence-electron chi connectivity index (χ0n) is 24.0. The van der Waals surface area contributed by atoms with E-state index in [-0.39, 0.29) is 12.7 Å². The van der Waals surface area contributed by atoms with Crippen molar-refractivity contribution in [2.24, 2.45) is 0 Å². The zero-order chi connectivity index (χ0) is 28.9. The number of halogens is 4. The van der Waals surface area contributed by atoms with Gasteiger partial charge >= 0.3 is 12.1 Å². The van der Waals surface area contributed by atoms with Crippen LogP contribution in [0.4, 0.5) is 17.6 Å². The summed E-state index contributed by atoms with van der Waals surface area (Å²) in [5.74, 6) is -2.93. The van der Waals surface area contributed by atoms with E-state index in [9.17, 15) is 27.2 Å². The molecule has 224 valence electrons. The molecule has 0 aliphatic heterocycles. The highest BCUT2D eigenvalue weighted by molar-refractivity contribution is 5.98. The molecule has 0 aliphatic carbocycles. The molecule has 0 saturated heterocycles. The van der Waals surface area contributed by atoms with Gasteiger partial charge in [0.1, 0.15) is 11.9 Å². The second-order valence-electron chi connectivity index (χ2n) is 10.6. The van der Waals surface area contributed by atoms with Gasteiger partial charge in [-0.3, -0.25) is 4.79 Å². The Morgan fingerprint density at radius 3 is 1.64 bits per heavy atom. The van der Waals surface area contributed by atoms with Gasteiger partial charge in [-0.05, 0) is 31.5 Å². The predicted octanol–water partition coefficient (Wildman–Crippen LogP) is 9.55. The second-order valence-corrected chi connectivity index (χ2v) is 10.6. The summed E-state index contributed by atoms with van der Waals surface area (Å²) in [7, 11) is 0. The molecule has 8 heteroatoms. The molecule has 39 heavy (non-hydrogen) atoms. The third kappa shape index (κ3) is 16.6.